The Morgan fingerprint density at radius 3 is 2.32 bits per heavy atom. The first kappa shape index (κ1) is 11.9. The molecule has 0 saturated carbocycles. The standard InChI is InChI=1S/C18H17N/c1-13(2)15-9-6-10-18-16(15)11-12-17(19-18)14-7-4-3-5-8-14/h3-13H,1-2H3. The molecular formula is C18H17N. The minimum absolute atomic E-state index is 0.521. The SMILES string of the molecule is CC(C)c1cccc2nc(-c3ccccc3)ccc12. The molecule has 0 bridgehead atoms. The molecule has 2 aromatic carbocycles. The van der Waals surface area contributed by atoms with Crippen molar-refractivity contribution in [3.63, 3.8) is 0 Å². The zero-order valence-electron chi connectivity index (χ0n) is 11.3. The predicted molar refractivity (Wildman–Crippen MR) is 81.3 cm³/mol. The van der Waals surface area contributed by atoms with Gasteiger partial charge in [0.25, 0.3) is 0 Å². The van der Waals surface area contributed by atoms with Crippen molar-refractivity contribution in [3.05, 3.63) is 66.2 Å². The smallest absolute Gasteiger partial charge is 0.0712 e. The Hall–Kier alpha value is -2.15. The molecule has 1 heterocycles. The van der Waals surface area contributed by atoms with Crippen LogP contribution in [0.15, 0.2) is 60.7 Å². The Balaban J connectivity index is 2.18. The Labute approximate surface area is 113 Å². The summed E-state index contributed by atoms with van der Waals surface area (Å²) in [5.41, 5.74) is 4.64. The molecule has 1 heteroatoms. The largest absolute Gasteiger partial charge is 0.248 e. The van der Waals surface area contributed by atoms with E-state index in [1.54, 1.807) is 0 Å². The van der Waals surface area contributed by atoms with Gasteiger partial charge in [-0.05, 0) is 23.6 Å². The van der Waals surface area contributed by atoms with Gasteiger partial charge in [-0.15, -0.1) is 0 Å². The van der Waals surface area contributed by atoms with Crippen molar-refractivity contribution in [2.24, 2.45) is 0 Å². The first-order valence-corrected chi connectivity index (χ1v) is 6.71. The molecule has 3 aromatic rings. The molecule has 0 aliphatic heterocycles. The van der Waals surface area contributed by atoms with Gasteiger partial charge in [-0.2, -0.15) is 0 Å². The van der Waals surface area contributed by atoms with E-state index in [2.05, 4.69) is 56.3 Å². The molecule has 19 heavy (non-hydrogen) atoms. The molecule has 0 aliphatic carbocycles. The maximum Gasteiger partial charge on any atom is 0.0712 e. The van der Waals surface area contributed by atoms with Crippen LogP contribution in [0.4, 0.5) is 0 Å². The Bertz CT molecular complexity index is 699. The average Bonchev–Trinajstić information content (AvgIpc) is 2.47. The Kier molecular flexibility index (Phi) is 3.04. The van der Waals surface area contributed by atoms with E-state index in [0.29, 0.717) is 5.92 Å². The lowest BCUT2D eigenvalue weighted by Crippen LogP contribution is -1.92. The van der Waals surface area contributed by atoms with Gasteiger partial charge in [-0.25, -0.2) is 4.98 Å². The summed E-state index contributed by atoms with van der Waals surface area (Å²) in [5, 5.41) is 1.26. The number of aromatic nitrogens is 1. The number of nitrogens with zero attached hydrogens (tertiary/aromatic N) is 1. The third kappa shape index (κ3) is 2.24. The van der Waals surface area contributed by atoms with E-state index in [4.69, 9.17) is 4.98 Å². The fourth-order valence-electron chi connectivity index (χ4n) is 2.45. The third-order valence-electron chi connectivity index (χ3n) is 3.46. The summed E-state index contributed by atoms with van der Waals surface area (Å²) in [4.78, 5) is 4.79. The maximum absolute atomic E-state index is 4.79. The van der Waals surface area contributed by atoms with Gasteiger partial charge in [0.15, 0.2) is 0 Å². The van der Waals surface area contributed by atoms with Gasteiger partial charge in [-0.3, -0.25) is 0 Å². The molecule has 0 amide bonds. The highest BCUT2D eigenvalue weighted by Crippen LogP contribution is 2.26. The molecule has 0 unspecified atom stereocenters. The van der Waals surface area contributed by atoms with Crippen LogP contribution in [0.1, 0.15) is 25.3 Å². The molecule has 0 spiro atoms. The molecule has 0 N–H and O–H groups in total. The van der Waals surface area contributed by atoms with Crippen molar-refractivity contribution in [2.45, 2.75) is 19.8 Å². The van der Waals surface area contributed by atoms with Gasteiger partial charge < -0.3 is 0 Å². The topological polar surface area (TPSA) is 12.9 Å². The first-order chi connectivity index (χ1) is 9.25. The van der Waals surface area contributed by atoms with E-state index >= 15 is 0 Å². The maximum atomic E-state index is 4.79. The second kappa shape index (κ2) is 4.85. The molecule has 0 saturated heterocycles. The van der Waals surface area contributed by atoms with Crippen LogP contribution in [-0.4, -0.2) is 4.98 Å². The molecule has 0 aliphatic rings. The van der Waals surface area contributed by atoms with Crippen LogP contribution >= 0.6 is 0 Å². The van der Waals surface area contributed by atoms with Gasteiger partial charge in [0.1, 0.15) is 0 Å². The molecule has 94 valence electrons. The van der Waals surface area contributed by atoms with E-state index < -0.39 is 0 Å². The molecule has 0 radical (unpaired) electrons. The molecule has 1 aromatic heterocycles. The first-order valence-electron chi connectivity index (χ1n) is 6.71. The van der Waals surface area contributed by atoms with Crippen molar-refractivity contribution in [3.8, 4) is 11.3 Å². The lowest BCUT2D eigenvalue weighted by atomic mass is 9.97. The summed E-state index contributed by atoms with van der Waals surface area (Å²) in [6.45, 7) is 4.44. The molecule has 0 atom stereocenters. The summed E-state index contributed by atoms with van der Waals surface area (Å²) >= 11 is 0. The van der Waals surface area contributed by atoms with Crippen LogP contribution in [-0.2, 0) is 0 Å². The van der Waals surface area contributed by atoms with E-state index in [1.165, 1.54) is 16.5 Å². The number of rotatable bonds is 2. The monoisotopic (exact) mass is 247 g/mol. The van der Waals surface area contributed by atoms with E-state index in [9.17, 15) is 0 Å². The Morgan fingerprint density at radius 2 is 1.58 bits per heavy atom. The second-order valence-corrected chi connectivity index (χ2v) is 5.13. The highest BCUT2D eigenvalue weighted by atomic mass is 14.7. The zero-order valence-corrected chi connectivity index (χ0v) is 11.3. The zero-order chi connectivity index (χ0) is 13.2. The quantitative estimate of drug-likeness (QED) is 0.619. The van der Waals surface area contributed by atoms with Crippen LogP contribution in [0.25, 0.3) is 22.2 Å². The van der Waals surface area contributed by atoms with Crippen LogP contribution in [0, 0.1) is 0 Å². The number of fused-ring (bicyclic) bond motifs is 1. The van der Waals surface area contributed by atoms with Crippen LogP contribution < -0.4 is 0 Å². The summed E-state index contributed by atoms with van der Waals surface area (Å²) in [7, 11) is 0. The van der Waals surface area contributed by atoms with E-state index in [1.807, 2.05) is 18.2 Å². The normalized spacial score (nSPS) is 11.1. The summed E-state index contributed by atoms with van der Waals surface area (Å²) < 4.78 is 0. The second-order valence-electron chi connectivity index (χ2n) is 5.13. The molecule has 0 fully saturated rings. The van der Waals surface area contributed by atoms with Gasteiger partial charge in [0.05, 0.1) is 11.2 Å². The number of pyridine rings is 1. The highest BCUT2D eigenvalue weighted by Gasteiger charge is 2.07. The van der Waals surface area contributed by atoms with E-state index in [-0.39, 0.29) is 0 Å². The summed E-state index contributed by atoms with van der Waals surface area (Å²) in [6.07, 6.45) is 0. The molecule has 3 rings (SSSR count). The van der Waals surface area contributed by atoms with Crippen molar-refractivity contribution in [1.82, 2.24) is 4.98 Å². The van der Waals surface area contributed by atoms with Crippen molar-refractivity contribution in [1.29, 1.82) is 0 Å². The lowest BCUT2D eigenvalue weighted by molar-refractivity contribution is 0.876. The fourth-order valence-corrected chi connectivity index (χ4v) is 2.45. The number of benzene rings is 2. The van der Waals surface area contributed by atoms with Crippen LogP contribution in [0.5, 0.6) is 0 Å². The number of hydrogen-bond donors (Lipinski definition) is 0. The van der Waals surface area contributed by atoms with Gasteiger partial charge in [-0.1, -0.05) is 62.4 Å². The Morgan fingerprint density at radius 1 is 0.789 bits per heavy atom. The van der Waals surface area contributed by atoms with E-state index in [0.717, 1.165) is 11.2 Å². The van der Waals surface area contributed by atoms with Gasteiger partial charge >= 0.3 is 0 Å². The van der Waals surface area contributed by atoms with Crippen molar-refractivity contribution < 1.29 is 0 Å². The minimum atomic E-state index is 0.521. The average molecular weight is 247 g/mol. The molecule has 1 nitrogen and oxygen atoms in total. The van der Waals surface area contributed by atoms with Crippen LogP contribution in [0.3, 0.4) is 0 Å². The highest BCUT2D eigenvalue weighted by molar-refractivity contribution is 5.85. The minimum Gasteiger partial charge on any atom is -0.248 e. The van der Waals surface area contributed by atoms with Crippen LogP contribution in [0.2, 0.25) is 0 Å². The summed E-state index contributed by atoms with van der Waals surface area (Å²) in [5.74, 6) is 0.521. The van der Waals surface area contributed by atoms with Crippen molar-refractivity contribution >= 4 is 10.9 Å². The van der Waals surface area contributed by atoms with Crippen molar-refractivity contribution in [2.75, 3.05) is 0 Å². The molecular weight excluding hydrogens is 230 g/mol. The number of hydrogen-bond acceptors (Lipinski definition) is 1. The lowest BCUT2D eigenvalue weighted by Gasteiger charge is -2.10. The fraction of sp³-hybridized carbons (Fsp3) is 0.167. The van der Waals surface area contributed by atoms with Gasteiger partial charge in [0, 0.05) is 10.9 Å². The predicted octanol–water partition coefficient (Wildman–Crippen LogP) is 5.03. The summed E-state index contributed by atoms with van der Waals surface area (Å²) in [6, 6.07) is 21.0. The van der Waals surface area contributed by atoms with Gasteiger partial charge in [0.2, 0.25) is 0 Å². The third-order valence-corrected chi connectivity index (χ3v) is 3.46.